The molecule has 2 N–H and O–H groups in total. The highest BCUT2D eigenvalue weighted by atomic mass is 35.5. The second-order valence-corrected chi connectivity index (χ2v) is 20.2. The van der Waals surface area contributed by atoms with Gasteiger partial charge in [-0.05, 0) is 66.3 Å². The van der Waals surface area contributed by atoms with Crippen molar-refractivity contribution in [2.24, 2.45) is 0 Å². The van der Waals surface area contributed by atoms with Crippen LogP contribution in [0.4, 0.5) is 16.2 Å². The summed E-state index contributed by atoms with van der Waals surface area (Å²) >= 11 is 7.30. The van der Waals surface area contributed by atoms with E-state index in [4.69, 9.17) is 21.1 Å². The number of benzene rings is 4. The molecule has 4 aromatic carbocycles. The summed E-state index contributed by atoms with van der Waals surface area (Å²) in [4.78, 5) is 60.5. The van der Waals surface area contributed by atoms with Crippen molar-refractivity contribution in [1.82, 2.24) is 14.2 Å². The molecule has 13 nitrogen and oxygen atoms in total. The van der Waals surface area contributed by atoms with Crippen molar-refractivity contribution in [2.75, 3.05) is 23.3 Å². The molecule has 1 aromatic heterocycles. The lowest BCUT2D eigenvalue weighted by Gasteiger charge is -2.25. The van der Waals surface area contributed by atoms with Gasteiger partial charge in [0.1, 0.15) is 11.4 Å². The van der Waals surface area contributed by atoms with E-state index in [-0.39, 0.29) is 52.5 Å². The Morgan fingerprint density at radius 3 is 1.94 bits per heavy atom. The van der Waals surface area contributed by atoms with Crippen molar-refractivity contribution in [3.63, 3.8) is 0 Å². The number of carbonyl (C=O) groups excluding carboxylic acids is 4. The van der Waals surface area contributed by atoms with Crippen molar-refractivity contribution >= 4 is 68.2 Å². The number of amides is 4. The summed E-state index contributed by atoms with van der Waals surface area (Å²) in [5.74, 6) is -2.84. The minimum absolute atomic E-state index is 0.0431. The third kappa shape index (κ3) is 15.0. The first-order valence-electron chi connectivity index (χ1n) is 24.7. The number of Topliss-reactive ketones (excluding diaryl/α,β-unsaturated/α-hetero) is 1. The van der Waals surface area contributed by atoms with E-state index in [9.17, 15) is 27.6 Å². The number of anilines is 2. The predicted octanol–water partition coefficient (Wildman–Crippen LogP) is 12.9. The highest BCUT2D eigenvalue weighted by molar-refractivity contribution is 7.92. The molecule has 4 amide bonds. The van der Waals surface area contributed by atoms with E-state index in [0.29, 0.717) is 28.0 Å². The first-order chi connectivity index (χ1) is 34.0. The average Bonchev–Trinajstić information content (AvgIpc) is 3.94. The molecule has 2 heterocycles. The van der Waals surface area contributed by atoms with Crippen molar-refractivity contribution in [2.45, 2.75) is 140 Å². The number of ketones is 1. The van der Waals surface area contributed by atoms with E-state index in [0.717, 1.165) is 30.8 Å². The van der Waals surface area contributed by atoms with Gasteiger partial charge in [-0.3, -0.25) is 24.0 Å². The summed E-state index contributed by atoms with van der Waals surface area (Å²) < 4.78 is 46.7. The van der Waals surface area contributed by atoms with Crippen LogP contribution >= 0.6 is 23.1 Å². The quantitative estimate of drug-likeness (QED) is 0.0190. The van der Waals surface area contributed by atoms with E-state index in [1.807, 2.05) is 12.1 Å². The standard InChI is InChI=1S/C54H66ClN5O8S2/c1-3-5-6-7-8-9-10-11-12-13-14-15-16-17-18-27-36-68-47-35-34-42(70(65,66)58-45-33-26-25-32-44(45)55)37-46(47)56-51(62)49(50(61)48-43(39-69-57-48)41-30-23-20-24-31-41)60-52(63)53(67-4-2)59(54(60)64)38-40-28-21-19-22-29-40/h19-26,28-35,37,39,49,53,58H,3-18,27,36,38H2,1-2H3,(H,56,62). The van der Waals surface area contributed by atoms with Gasteiger partial charge in [-0.15, -0.1) is 0 Å². The molecule has 1 aliphatic rings. The number of rotatable bonds is 31. The van der Waals surface area contributed by atoms with Crippen LogP contribution in [-0.4, -0.2) is 71.7 Å². The summed E-state index contributed by atoms with van der Waals surface area (Å²) in [6.07, 6.45) is 17.9. The van der Waals surface area contributed by atoms with Gasteiger partial charge in [-0.2, -0.15) is 4.37 Å². The second-order valence-electron chi connectivity index (χ2n) is 17.5. The molecule has 2 atom stereocenters. The van der Waals surface area contributed by atoms with Gasteiger partial charge in [0.25, 0.3) is 21.8 Å². The zero-order valence-electron chi connectivity index (χ0n) is 40.3. The largest absolute Gasteiger partial charge is 0.491 e. The van der Waals surface area contributed by atoms with Crippen LogP contribution in [0.15, 0.2) is 113 Å². The molecule has 1 fully saturated rings. The lowest BCUT2D eigenvalue weighted by Crippen LogP contribution is -2.53. The minimum Gasteiger partial charge on any atom is -0.491 e. The van der Waals surface area contributed by atoms with Gasteiger partial charge >= 0.3 is 6.03 Å². The van der Waals surface area contributed by atoms with Crippen LogP contribution in [0.1, 0.15) is 133 Å². The molecule has 2 unspecified atom stereocenters. The minimum atomic E-state index is -4.31. The lowest BCUT2D eigenvalue weighted by molar-refractivity contribution is -0.144. The zero-order valence-corrected chi connectivity index (χ0v) is 42.7. The molecule has 0 spiro atoms. The smallest absolute Gasteiger partial charge is 0.330 e. The number of nitrogens with one attached hydrogen (secondary N) is 2. The molecule has 1 saturated heterocycles. The monoisotopic (exact) mass is 1010 g/mol. The molecule has 0 radical (unpaired) electrons. The Bertz CT molecular complexity index is 2580. The number of imide groups is 1. The fourth-order valence-electron chi connectivity index (χ4n) is 8.47. The summed E-state index contributed by atoms with van der Waals surface area (Å²) in [6.45, 7) is 4.15. The zero-order chi connectivity index (χ0) is 49.7. The number of unbranched alkanes of at least 4 members (excludes halogenated alkanes) is 15. The SMILES string of the molecule is CCCCCCCCCCCCCCCCCCOc1ccc(S(=O)(=O)Nc2ccccc2Cl)cc1NC(=O)C(C(=O)c1nscc1-c1ccccc1)N1C(=O)C(OCC)N(Cc2ccccc2)C1=O. The van der Waals surface area contributed by atoms with Crippen LogP contribution in [-0.2, 0) is 30.9 Å². The van der Waals surface area contributed by atoms with Gasteiger partial charge in [-0.1, -0.05) is 188 Å². The first-order valence-corrected chi connectivity index (χ1v) is 27.4. The number of hydrogen-bond acceptors (Lipinski definition) is 10. The molecule has 0 saturated carbocycles. The number of halogens is 1. The fourth-order valence-corrected chi connectivity index (χ4v) is 10.5. The Morgan fingerprint density at radius 1 is 0.743 bits per heavy atom. The van der Waals surface area contributed by atoms with Crippen LogP contribution in [0.3, 0.4) is 0 Å². The number of urea groups is 1. The maximum absolute atomic E-state index is 15.0. The van der Waals surface area contributed by atoms with Crippen molar-refractivity contribution in [1.29, 1.82) is 0 Å². The summed E-state index contributed by atoms with van der Waals surface area (Å²) in [7, 11) is -4.31. The van der Waals surface area contributed by atoms with Crippen LogP contribution in [0.25, 0.3) is 11.1 Å². The molecule has 1 aliphatic heterocycles. The molecular weight excluding hydrogens is 946 g/mol. The Morgan fingerprint density at radius 2 is 1.33 bits per heavy atom. The van der Waals surface area contributed by atoms with Crippen LogP contribution in [0, 0.1) is 0 Å². The van der Waals surface area contributed by atoms with Crippen LogP contribution in [0.5, 0.6) is 5.75 Å². The summed E-state index contributed by atoms with van der Waals surface area (Å²) in [6, 6.07) is 25.2. The molecule has 16 heteroatoms. The van der Waals surface area contributed by atoms with Gasteiger partial charge in [-0.25, -0.2) is 18.1 Å². The van der Waals surface area contributed by atoms with E-state index in [1.165, 1.54) is 106 Å². The normalized spacial score (nSPS) is 14.2. The van der Waals surface area contributed by atoms with Gasteiger partial charge in [0, 0.05) is 17.6 Å². The van der Waals surface area contributed by atoms with Crippen LogP contribution in [0.2, 0.25) is 5.02 Å². The first kappa shape index (κ1) is 53.7. The number of sulfonamides is 1. The summed E-state index contributed by atoms with van der Waals surface area (Å²) in [5.41, 5.74) is 1.61. The highest BCUT2D eigenvalue weighted by Crippen LogP contribution is 2.34. The third-order valence-electron chi connectivity index (χ3n) is 12.2. The van der Waals surface area contributed by atoms with Crippen molar-refractivity contribution in [3.8, 4) is 16.9 Å². The number of ether oxygens (including phenoxy) is 2. The number of carbonyl (C=O) groups is 4. The number of hydrogen-bond donors (Lipinski definition) is 2. The van der Waals surface area contributed by atoms with Gasteiger partial charge in [0.15, 0.2) is 6.04 Å². The number of aromatic nitrogens is 1. The molecular formula is C54H66ClN5O8S2. The Balaban J connectivity index is 1.21. The Labute approximate surface area is 422 Å². The molecule has 70 heavy (non-hydrogen) atoms. The molecule has 5 aromatic rings. The maximum atomic E-state index is 15.0. The van der Waals surface area contributed by atoms with E-state index >= 15 is 0 Å². The maximum Gasteiger partial charge on any atom is 0.330 e. The second kappa shape index (κ2) is 27.7. The molecule has 0 aliphatic carbocycles. The number of nitrogens with zero attached hydrogens (tertiary/aromatic N) is 3. The fraction of sp³-hybridized carbons (Fsp3) is 0.426. The van der Waals surface area contributed by atoms with Gasteiger partial charge in [0.2, 0.25) is 12.0 Å². The third-order valence-corrected chi connectivity index (χ3v) is 14.6. The van der Waals surface area contributed by atoms with Crippen molar-refractivity contribution in [3.05, 3.63) is 125 Å². The van der Waals surface area contributed by atoms with Gasteiger partial charge < -0.3 is 14.8 Å². The van der Waals surface area contributed by atoms with Gasteiger partial charge in [0.05, 0.1) is 34.4 Å². The molecule has 6 rings (SSSR count). The molecule has 374 valence electrons. The van der Waals surface area contributed by atoms with Crippen molar-refractivity contribution < 1.29 is 37.1 Å². The van der Waals surface area contributed by atoms with Crippen LogP contribution < -0.4 is 14.8 Å². The average molecular weight is 1010 g/mol. The highest BCUT2D eigenvalue weighted by Gasteiger charge is 2.53. The van der Waals surface area contributed by atoms with E-state index in [2.05, 4.69) is 21.3 Å². The number of para-hydroxylation sites is 1. The van der Waals surface area contributed by atoms with E-state index < -0.39 is 45.9 Å². The Kier molecular flexibility index (Phi) is 21.3. The lowest BCUT2D eigenvalue weighted by atomic mass is 9.99. The van der Waals surface area contributed by atoms with E-state index in [1.54, 1.807) is 79.0 Å². The Hall–Kier alpha value is -5.61. The topological polar surface area (TPSA) is 164 Å². The summed E-state index contributed by atoms with van der Waals surface area (Å²) in [5, 5.41) is 4.53. The molecule has 0 bridgehead atoms. The predicted molar refractivity (Wildman–Crippen MR) is 278 cm³/mol.